The number of methoxy groups -OCH3 is 2. The van der Waals surface area contributed by atoms with E-state index in [2.05, 4.69) is 0 Å². The first-order valence-electron chi connectivity index (χ1n) is 9.56. The number of unbranched alkanes of at least 4 members (excludes halogenated alkanes) is 1. The molecule has 1 heterocycles. The third-order valence-corrected chi connectivity index (χ3v) is 5.08. The number of hydrogen-bond donors (Lipinski definition) is 0. The summed E-state index contributed by atoms with van der Waals surface area (Å²) in [6.45, 7) is 2.00. The Morgan fingerprint density at radius 2 is 1.79 bits per heavy atom. The maximum atomic E-state index is 12.8. The average molecular weight is 405 g/mol. The highest BCUT2D eigenvalue weighted by Crippen LogP contribution is 2.41. The Labute approximate surface area is 170 Å². The lowest BCUT2D eigenvalue weighted by Crippen LogP contribution is -2.42. The van der Waals surface area contributed by atoms with Crippen molar-refractivity contribution in [1.29, 1.82) is 0 Å². The van der Waals surface area contributed by atoms with Gasteiger partial charge in [-0.1, -0.05) is 43.7 Å². The van der Waals surface area contributed by atoms with E-state index in [0.717, 1.165) is 11.3 Å². The number of ether oxygens (including phenoxy) is 3. The SMILES string of the molecule is CCCCOC(=O)N1CC(CC(=O)c2ccccc2)(C(=O)OC)C[C@H]1C(=O)OC. The minimum atomic E-state index is -1.36. The number of likely N-dealkylation sites (tertiary alicyclic amines) is 1. The largest absolute Gasteiger partial charge is 0.469 e. The number of esters is 2. The summed E-state index contributed by atoms with van der Waals surface area (Å²) in [7, 11) is 2.42. The maximum Gasteiger partial charge on any atom is 0.410 e. The van der Waals surface area contributed by atoms with E-state index in [-0.39, 0.29) is 31.8 Å². The first kappa shape index (κ1) is 22.4. The highest BCUT2D eigenvalue weighted by atomic mass is 16.6. The molecule has 29 heavy (non-hydrogen) atoms. The van der Waals surface area contributed by atoms with Crippen molar-refractivity contribution in [1.82, 2.24) is 4.90 Å². The topological polar surface area (TPSA) is 99.2 Å². The quantitative estimate of drug-likeness (QED) is 0.284. The lowest BCUT2D eigenvalue weighted by molar-refractivity contribution is -0.152. The van der Waals surface area contributed by atoms with Gasteiger partial charge in [0, 0.05) is 18.5 Å². The zero-order valence-corrected chi connectivity index (χ0v) is 17.0. The fourth-order valence-corrected chi connectivity index (χ4v) is 3.50. The minimum absolute atomic E-state index is 0.0756. The number of hydrogen-bond acceptors (Lipinski definition) is 7. The van der Waals surface area contributed by atoms with Crippen LogP contribution in [0.1, 0.15) is 43.0 Å². The predicted octanol–water partition coefficient (Wildman–Crippen LogP) is 2.60. The molecule has 1 aromatic rings. The van der Waals surface area contributed by atoms with Gasteiger partial charge in [-0.25, -0.2) is 9.59 Å². The molecule has 0 N–H and O–H groups in total. The molecule has 0 spiro atoms. The summed E-state index contributed by atoms with van der Waals surface area (Å²) < 4.78 is 15.0. The van der Waals surface area contributed by atoms with Crippen molar-refractivity contribution >= 4 is 23.8 Å². The molecule has 1 aliphatic heterocycles. The van der Waals surface area contributed by atoms with Crippen LogP contribution in [0.25, 0.3) is 0 Å². The summed E-state index contributed by atoms with van der Waals surface area (Å²) >= 11 is 0. The molecule has 158 valence electrons. The Morgan fingerprint density at radius 1 is 1.10 bits per heavy atom. The summed E-state index contributed by atoms with van der Waals surface area (Å²) in [4.78, 5) is 51.5. The van der Waals surface area contributed by atoms with E-state index in [0.29, 0.717) is 12.0 Å². The van der Waals surface area contributed by atoms with Crippen molar-refractivity contribution in [2.24, 2.45) is 5.41 Å². The predicted molar refractivity (Wildman–Crippen MR) is 103 cm³/mol. The summed E-state index contributed by atoms with van der Waals surface area (Å²) in [6.07, 6.45) is 0.526. The molecule has 0 aromatic heterocycles. The summed E-state index contributed by atoms with van der Waals surface area (Å²) in [5.41, 5.74) is -0.918. The number of carbonyl (C=O) groups excluding carboxylic acids is 4. The number of ketones is 1. The number of Topliss-reactive ketones (excluding diaryl/α,β-unsaturated/α-hetero) is 1. The molecule has 8 nitrogen and oxygen atoms in total. The van der Waals surface area contributed by atoms with E-state index in [1.165, 1.54) is 14.2 Å². The zero-order valence-electron chi connectivity index (χ0n) is 17.0. The molecule has 1 unspecified atom stereocenters. The lowest BCUT2D eigenvalue weighted by Gasteiger charge is -2.25. The number of carbonyl (C=O) groups is 4. The van der Waals surface area contributed by atoms with Crippen LogP contribution < -0.4 is 0 Å². The van der Waals surface area contributed by atoms with Gasteiger partial charge in [-0.15, -0.1) is 0 Å². The lowest BCUT2D eigenvalue weighted by atomic mass is 9.79. The normalized spacial score (nSPS) is 20.8. The molecule has 1 aromatic carbocycles. The smallest absolute Gasteiger partial charge is 0.410 e. The van der Waals surface area contributed by atoms with Crippen molar-refractivity contribution in [3.8, 4) is 0 Å². The van der Waals surface area contributed by atoms with Crippen LogP contribution in [0, 0.1) is 5.41 Å². The molecule has 2 atom stereocenters. The molecule has 2 rings (SSSR count). The van der Waals surface area contributed by atoms with Crippen molar-refractivity contribution in [2.75, 3.05) is 27.4 Å². The first-order valence-corrected chi connectivity index (χ1v) is 9.56. The molecule has 0 radical (unpaired) electrons. The molecule has 8 heteroatoms. The number of benzene rings is 1. The van der Waals surface area contributed by atoms with E-state index in [1.54, 1.807) is 30.3 Å². The van der Waals surface area contributed by atoms with E-state index in [9.17, 15) is 19.2 Å². The second-order valence-corrected chi connectivity index (χ2v) is 7.08. The molecule has 1 saturated heterocycles. The average Bonchev–Trinajstić information content (AvgIpc) is 3.14. The van der Waals surface area contributed by atoms with Gasteiger partial charge in [0.2, 0.25) is 0 Å². The summed E-state index contributed by atoms with van der Waals surface area (Å²) in [6, 6.07) is 7.50. The Hall–Kier alpha value is -2.90. The third-order valence-electron chi connectivity index (χ3n) is 5.08. The second-order valence-electron chi connectivity index (χ2n) is 7.08. The Balaban J connectivity index is 2.31. The van der Waals surface area contributed by atoms with Gasteiger partial charge >= 0.3 is 18.0 Å². The van der Waals surface area contributed by atoms with Crippen molar-refractivity contribution < 1.29 is 33.4 Å². The Morgan fingerprint density at radius 3 is 2.38 bits per heavy atom. The van der Waals surface area contributed by atoms with E-state index < -0.39 is 29.5 Å². The maximum absolute atomic E-state index is 12.8. The van der Waals surface area contributed by atoms with Crippen LogP contribution in [-0.4, -0.2) is 62.1 Å². The second kappa shape index (κ2) is 10.0. The molecular weight excluding hydrogens is 378 g/mol. The monoisotopic (exact) mass is 405 g/mol. The summed E-state index contributed by atoms with van der Waals surface area (Å²) in [5, 5.41) is 0. The minimum Gasteiger partial charge on any atom is -0.469 e. The number of nitrogens with zero attached hydrogens (tertiary/aromatic N) is 1. The van der Waals surface area contributed by atoms with Gasteiger partial charge in [0.25, 0.3) is 0 Å². The van der Waals surface area contributed by atoms with Crippen LogP contribution >= 0.6 is 0 Å². The van der Waals surface area contributed by atoms with Gasteiger partial charge in [-0.3, -0.25) is 14.5 Å². The molecule has 1 aliphatic rings. The fourth-order valence-electron chi connectivity index (χ4n) is 3.50. The van der Waals surface area contributed by atoms with Crippen LogP contribution in [0.4, 0.5) is 4.79 Å². The first-order chi connectivity index (χ1) is 13.9. The zero-order chi connectivity index (χ0) is 21.4. The van der Waals surface area contributed by atoms with Crippen LogP contribution in [0.5, 0.6) is 0 Å². The molecular formula is C21H27NO7. The van der Waals surface area contributed by atoms with E-state index in [1.807, 2.05) is 6.92 Å². The molecule has 0 saturated carbocycles. The van der Waals surface area contributed by atoms with Gasteiger partial charge in [0.15, 0.2) is 5.78 Å². The van der Waals surface area contributed by atoms with Gasteiger partial charge < -0.3 is 14.2 Å². The number of rotatable bonds is 8. The molecule has 0 aliphatic carbocycles. The van der Waals surface area contributed by atoms with Crippen molar-refractivity contribution in [2.45, 2.75) is 38.6 Å². The van der Waals surface area contributed by atoms with Gasteiger partial charge in [-0.05, 0) is 12.8 Å². The van der Waals surface area contributed by atoms with Crippen LogP contribution in [0.2, 0.25) is 0 Å². The van der Waals surface area contributed by atoms with Gasteiger partial charge in [0.05, 0.1) is 26.2 Å². The summed E-state index contributed by atoms with van der Waals surface area (Å²) in [5.74, 6) is -1.60. The third kappa shape index (κ3) is 5.13. The van der Waals surface area contributed by atoms with Crippen molar-refractivity contribution in [3.63, 3.8) is 0 Å². The van der Waals surface area contributed by atoms with Gasteiger partial charge in [0.1, 0.15) is 6.04 Å². The molecule has 1 amide bonds. The standard InChI is InChI=1S/C21H27NO7/c1-4-5-11-29-20(26)22-14-21(19(25)28-3,12-16(22)18(24)27-2)13-17(23)15-9-7-6-8-10-15/h6-10,16H,4-5,11-14H2,1-3H3/t16-,21?/m0/s1. The van der Waals surface area contributed by atoms with Crippen LogP contribution in [0.3, 0.4) is 0 Å². The Bertz CT molecular complexity index is 749. The molecule has 1 fully saturated rings. The van der Waals surface area contributed by atoms with Crippen LogP contribution in [0.15, 0.2) is 30.3 Å². The number of amides is 1. The highest BCUT2D eigenvalue weighted by molar-refractivity contribution is 6.00. The Kier molecular flexibility index (Phi) is 7.75. The highest BCUT2D eigenvalue weighted by Gasteiger charge is 2.55. The van der Waals surface area contributed by atoms with Crippen LogP contribution in [-0.2, 0) is 23.8 Å². The van der Waals surface area contributed by atoms with Crippen molar-refractivity contribution in [3.05, 3.63) is 35.9 Å². The van der Waals surface area contributed by atoms with E-state index in [4.69, 9.17) is 14.2 Å². The molecule has 0 bridgehead atoms. The van der Waals surface area contributed by atoms with E-state index >= 15 is 0 Å². The fraction of sp³-hybridized carbons (Fsp3) is 0.524. The van der Waals surface area contributed by atoms with Gasteiger partial charge in [-0.2, -0.15) is 0 Å².